The van der Waals surface area contributed by atoms with Gasteiger partial charge in [0.1, 0.15) is 22.7 Å². The zero-order valence-corrected chi connectivity index (χ0v) is 17.9. The Bertz CT molecular complexity index is 1150. The van der Waals surface area contributed by atoms with Gasteiger partial charge in [-0.1, -0.05) is 31.4 Å². The second kappa shape index (κ2) is 7.93. The van der Waals surface area contributed by atoms with Crippen LogP contribution in [0.4, 0.5) is 10.1 Å². The van der Waals surface area contributed by atoms with Crippen molar-refractivity contribution in [1.82, 2.24) is 15.1 Å². The fraction of sp³-hybridized carbons (Fsp3) is 0.375. The quantitative estimate of drug-likeness (QED) is 0.666. The molecule has 3 heterocycles. The summed E-state index contributed by atoms with van der Waals surface area (Å²) in [5, 5.41) is 7.64. The van der Waals surface area contributed by atoms with E-state index in [9.17, 15) is 14.0 Å². The Hall–Kier alpha value is -3.42. The third-order valence-corrected chi connectivity index (χ3v) is 6.45. The van der Waals surface area contributed by atoms with Crippen LogP contribution >= 0.6 is 0 Å². The van der Waals surface area contributed by atoms with Crippen molar-refractivity contribution in [3.05, 3.63) is 60.2 Å². The standard InChI is InChI=1S/C24H25FN4O3/c1-24(23(31)26-16-8-3-2-4-9-16)15-28-20(14-18(27-28)21-12-7-13-32-21)22(30)29(24)19-11-6-5-10-17(19)25/h5-7,10-14,16H,2-4,8-9,15H2,1H3,(H,26,31)/t24-/m0/s1. The van der Waals surface area contributed by atoms with Gasteiger partial charge in [0, 0.05) is 12.1 Å². The topological polar surface area (TPSA) is 80.4 Å². The molecule has 0 spiro atoms. The number of para-hydroxylation sites is 1. The SMILES string of the molecule is C[C@@]1(C(=O)NC2CCCCC2)Cn2nc(-c3ccco3)cc2C(=O)N1c1ccccc1F. The van der Waals surface area contributed by atoms with Crippen molar-refractivity contribution < 1.29 is 18.4 Å². The monoisotopic (exact) mass is 436 g/mol. The minimum absolute atomic E-state index is 0.0587. The van der Waals surface area contributed by atoms with Crippen LogP contribution in [0.25, 0.3) is 11.5 Å². The molecule has 32 heavy (non-hydrogen) atoms. The van der Waals surface area contributed by atoms with Gasteiger partial charge in [-0.25, -0.2) is 4.39 Å². The third-order valence-electron chi connectivity index (χ3n) is 6.45. The summed E-state index contributed by atoms with van der Waals surface area (Å²) in [7, 11) is 0. The van der Waals surface area contributed by atoms with Gasteiger partial charge in [-0.15, -0.1) is 0 Å². The summed E-state index contributed by atoms with van der Waals surface area (Å²) in [4.78, 5) is 28.5. The number of halogens is 1. The predicted octanol–water partition coefficient (Wildman–Crippen LogP) is 4.15. The Kier molecular flexibility index (Phi) is 5.07. The molecule has 1 aliphatic carbocycles. The Balaban J connectivity index is 1.57. The van der Waals surface area contributed by atoms with Gasteiger partial charge in [-0.2, -0.15) is 5.10 Å². The molecule has 1 N–H and O–H groups in total. The third kappa shape index (κ3) is 3.39. The van der Waals surface area contributed by atoms with Gasteiger partial charge in [0.25, 0.3) is 5.91 Å². The summed E-state index contributed by atoms with van der Waals surface area (Å²) in [5.74, 6) is -0.822. The van der Waals surface area contributed by atoms with Crippen molar-refractivity contribution in [2.45, 2.75) is 57.2 Å². The van der Waals surface area contributed by atoms with Crippen molar-refractivity contribution in [1.29, 1.82) is 0 Å². The first-order valence-electron chi connectivity index (χ1n) is 11.0. The number of hydrogen-bond donors (Lipinski definition) is 1. The zero-order valence-electron chi connectivity index (χ0n) is 17.9. The molecule has 3 aromatic rings. The molecule has 1 atom stereocenters. The van der Waals surface area contributed by atoms with E-state index < -0.39 is 17.3 Å². The van der Waals surface area contributed by atoms with Gasteiger partial charge in [-0.3, -0.25) is 19.2 Å². The summed E-state index contributed by atoms with van der Waals surface area (Å²) in [6, 6.07) is 11.2. The second-order valence-electron chi connectivity index (χ2n) is 8.72. The van der Waals surface area contributed by atoms with E-state index in [-0.39, 0.29) is 29.9 Å². The molecule has 0 unspecified atom stereocenters. The largest absolute Gasteiger partial charge is 0.463 e. The number of hydrogen-bond acceptors (Lipinski definition) is 4. The number of rotatable bonds is 4. The number of carbonyl (C=O) groups is 2. The number of amides is 2. The average Bonchev–Trinajstić information content (AvgIpc) is 3.46. The average molecular weight is 436 g/mol. The Labute approximate surface area is 185 Å². The maximum atomic E-state index is 14.9. The highest BCUT2D eigenvalue weighted by molar-refractivity contribution is 6.12. The number of nitrogens with zero attached hydrogens (tertiary/aromatic N) is 3. The van der Waals surface area contributed by atoms with Crippen molar-refractivity contribution in [3.8, 4) is 11.5 Å². The van der Waals surface area contributed by atoms with Crippen LogP contribution in [-0.2, 0) is 11.3 Å². The van der Waals surface area contributed by atoms with Gasteiger partial charge < -0.3 is 9.73 Å². The number of furan rings is 1. The lowest BCUT2D eigenvalue weighted by Crippen LogP contribution is -2.65. The summed E-state index contributed by atoms with van der Waals surface area (Å²) >= 11 is 0. The van der Waals surface area contributed by atoms with Crippen LogP contribution in [0, 0.1) is 5.82 Å². The van der Waals surface area contributed by atoms with Crippen molar-refractivity contribution in [3.63, 3.8) is 0 Å². The van der Waals surface area contributed by atoms with E-state index in [2.05, 4.69) is 10.4 Å². The van der Waals surface area contributed by atoms with E-state index in [0.29, 0.717) is 11.5 Å². The molecule has 0 radical (unpaired) electrons. The van der Waals surface area contributed by atoms with Crippen LogP contribution in [0.1, 0.15) is 49.5 Å². The Morgan fingerprint density at radius 2 is 1.97 bits per heavy atom. The fourth-order valence-corrected chi connectivity index (χ4v) is 4.72. The second-order valence-corrected chi connectivity index (χ2v) is 8.72. The van der Waals surface area contributed by atoms with Crippen LogP contribution < -0.4 is 10.2 Å². The molecule has 0 saturated heterocycles. The van der Waals surface area contributed by atoms with E-state index in [4.69, 9.17) is 4.42 Å². The maximum Gasteiger partial charge on any atom is 0.277 e. The first kappa shape index (κ1) is 20.5. The van der Waals surface area contributed by atoms with E-state index in [1.54, 1.807) is 37.3 Å². The highest BCUT2D eigenvalue weighted by Gasteiger charge is 2.50. The smallest absolute Gasteiger partial charge is 0.277 e. The highest BCUT2D eigenvalue weighted by atomic mass is 19.1. The minimum Gasteiger partial charge on any atom is -0.463 e. The van der Waals surface area contributed by atoms with Gasteiger partial charge in [-0.05, 0) is 44.0 Å². The van der Waals surface area contributed by atoms with Crippen molar-refractivity contribution in [2.75, 3.05) is 4.90 Å². The number of anilines is 1. The van der Waals surface area contributed by atoms with Crippen molar-refractivity contribution >= 4 is 17.5 Å². The first-order chi connectivity index (χ1) is 15.5. The first-order valence-corrected chi connectivity index (χ1v) is 11.0. The molecule has 0 bridgehead atoms. The van der Waals surface area contributed by atoms with E-state index in [0.717, 1.165) is 32.1 Å². The predicted molar refractivity (Wildman–Crippen MR) is 117 cm³/mol. The minimum atomic E-state index is -1.35. The molecular formula is C24H25FN4O3. The Morgan fingerprint density at radius 1 is 1.19 bits per heavy atom. The number of benzene rings is 1. The van der Waals surface area contributed by atoms with E-state index in [1.807, 2.05) is 0 Å². The molecule has 5 rings (SSSR count). The summed E-state index contributed by atoms with van der Waals surface area (Å²) < 4.78 is 21.8. The normalized spacial score (nSPS) is 21.4. The molecule has 8 heteroatoms. The maximum absolute atomic E-state index is 14.9. The lowest BCUT2D eigenvalue weighted by molar-refractivity contribution is -0.127. The Morgan fingerprint density at radius 3 is 2.69 bits per heavy atom. The van der Waals surface area contributed by atoms with Crippen LogP contribution in [0.3, 0.4) is 0 Å². The molecule has 1 saturated carbocycles. The summed E-state index contributed by atoms with van der Waals surface area (Å²) in [5.41, 5.74) is -0.506. The molecule has 2 aromatic heterocycles. The van der Waals surface area contributed by atoms with Crippen LogP contribution in [-0.4, -0.2) is 33.2 Å². The zero-order chi connectivity index (χ0) is 22.3. The fourth-order valence-electron chi connectivity index (χ4n) is 4.72. The molecule has 1 fully saturated rings. The van der Waals surface area contributed by atoms with Crippen LogP contribution in [0.15, 0.2) is 53.1 Å². The molecule has 166 valence electrons. The van der Waals surface area contributed by atoms with Crippen LogP contribution in [0.2, 0.25) is 0 Å². The molecule has 1 aliphatic heterocycles. The van der Waals surface area contributed by atoms with Gasteiger partial charge in [0.2, 0.25) is 5.91 Å². The molecular weight excluding hydrogens is 411 g/mol. The van der Waals surface area contributed by atoms with Crippen molar-refractivity contribution in [2.24, 2.45) is 0 Å². The highest BCUT2D eigenvalue weighted by Crippen LogP contribution is 2.35. The summed E-state index contributed by atoms with van der Waals surface area (Å²) in [6.45, 7) is 1.77. The van der Waals surface area contributed by atoms with Gasteiger partial charge in [0.05, 0.1) is 18.5 Å². The number of aromatic nitrogens is 2. The summed E-state index contributed by atoms with van der Waals surface area (Å²) in [6.07, 6.45) is 6.63. The molecule has 2 amide bonds. The lowest BCUT2D eigenvalue weighted by Gasteiger charge is -2.44. The number of fused-ring (bicyclic) bond motifs is 1. The lowest BCUT2D eigenvalue weighted by atomic mass is 9.91. The molecule has 1 aromatic carbocycles. The van der Waals surface area contributed by atoms with Gasteiger partial charge >= 0.3 is 0 Å². The van der Waals surface area contributed by atoms with Gasteiger partial charge in [0.15, 0.2) is 5.76 Å². The molecule has 2 aliphatic rings. The number of nitrogens with one attached hydrogen (secondary N) is 1. The number of carbonyl (C=O) groups excluding carboxylic acids is 2. The molecule has 7 nitrogen and oxygen atoms in total. The van der Waals surface area contributed by atoms with Crippen LogP contribution in [0.5, 0.6) is 0 Å². The van der Waals surface area contributed by atoms with E-state index in [1.165, 1.54) is 28.0 Å². The van der Waals surface area contributed by atoms with E-state index >= 15 is 0 Å².